The maximum Gasteiger partial charge on any atom is 0.232 e. The molecule has 0 amide bonds. The third kappa shape index (κ3) is 5.39. The Kier molecular flexibility index (Phi) is 7.13. The van der Waals surface area contributed by atoms with Crippen molar-refractivity contribution < 1.29 is 13.2 Å². The lowest BCUT2D eigenvalue weighted by Crippen LogP contribution is -2.49. The molecule has 2 aromatic heterocycles. The summed E-state index contributed by atoms with van der Waals surface area (Å²) < 4.78 is 33.4. The number of ether oxygens (including phenoxy) is 1. The number of hydrogen-bond donors (Lipinski definition) is 2. The minimum absolute atomic E-state index is 0.372. The summed E-state index contributed by atoms with van der Waals surface area (Å²) in [5.74, 6) is 1.08. The highest BCUT2D eigenvalue weighted by Crippen LogP contribution is 2.32. The zero-order valence-electron chi connectivity index (χ0n) is 22.0. The Bertz CT molecular complexity index is 1540. The Morgan fingerprint density at radius 2 is 1.97 bits per heavy atom. The fraction of sp³-hybridized carbons (Fsp3) is 0.333. The van der Waals surface area contributed by atoms with E-state index in [0.29, 0.717) is 30.0 Å². The number of piperazine rings is 1. The molecule has 0 saturated carbocycles. The molecule has 1 atom stereocenters. The molecule has 0 spiro atoms. The molecule has 11 heteroatoms. The SMILES string of the molecule is COc1cccc(N(C)S(C)(=O)=O)c1Cn1ccc2cnc(Nc3ccc(N4CCN[C@H](C)C4)cc3)nc21. The summed E-state index contributed by atoms with van der Waals surface area (Å²) in [6.45, 7) is 5.52. The summed E-state index contributed by atoms with van der Waals surface area (Å²) in [6, 6.07) is 16.1. The zero-order chi connectivity index (χ0) is 26.9. The first kappa shape index (κ1) is 25.8. The first-order valence-corrected chi connectivity index (χ1v) is 14.3. The maximum absolute atomic E-state index is 12.3. The lowest BCUT2D eigenvalue weighted by atomic mass is 10.1. The topological polar surface area (TPSA) is 105 Å². The van der Waals surface area contributed by atoms with Crippen molar-refractivity contribution in [3.8, 4) is 5.75 Å². The lowest BCUT2D eigenvalue weighted by Gasteiger charge is -2.33. The summed E-state index contributed by atoms with van der Waals surface area (Å²) in [6.07, 6.45) is 4.88. The van der Waals surface area contributed by atoms with E-state index in [0.717, 1.165) is 41.9 Å². The monoisotopic (exact) mass is 535 g/mol. The smallest absolute Gasteiger partial charge is 0.232 e. The molecule has 0 unspecified atom stereocenters. The predicted molar refractivity (Wildman–Crippen MR) is 152 cm³/mol. The quantitative estimate of drug-likeness (QED) is 0.354. The number of benzene rings is 2. The highest BCUT2D eigenvalue weighted by Gasteiger charge is 2.20. The van der Waals surface area contributed by atoms with Gasteiger partial charge < -0.3 is 24.8 Å². The molecule has 3 heterocycles. The fourth-order valence-corrected chi connectivity index (χ4v) is 5.29. The Morgan fingerprint density at radius 3 is 2.68 bits per heavy atom. The maximum atomic E-state index is 12.3. The molecule has 2 N–H and O–H groups in total. The van der Waals surface area contributed by atoms with Gasteiger partial charge in [-0.05, 0) is 49.4 Å². The van der Waals surface area contributed by atoms with Gasteiger partial charge in [-0.3, -0.25) is 4.31 Å². The lowest BCUT2D eigenvalue weighted by molar-refractivity contribution is 0.409. The normalized spacial score (nSPS) is 16.0. The van der Waals surface area contributed by atoms with Crippen molar-refractivity contribution in [2.45, 2.75) is 19.5 Å². The molecule has 0 bridgehead atoms. The van der Waals surface area contributed by atoms with E-state index in [-0.39, 0.29) is 0 Å². The van der Waals surface area contributed by atoms with E-state index >= 15 is 0 Å². The standard InChI is InChI=1S/C27H33N7O3S/c1-19-17-33(15-13-28-19)22-10-8-21(9-11-22)30-27-29-16-20-12-14-34(26(20)31-27)18-23-24(32(2)38(4,35)36)6-5-7-25(23)37-3/h5-12,14,16,19,28H,13,15,17-18H2,1-4H3,(H,29,30,31)/t19-/m1/s1. The molecule has 4 aromatic rings. The second-order valence-electron chi connectivity index (χ2n) is 9.58. The molecule has 5 rings (SSSR count). The summed E-state index contributed by atoms with van der Waals surface area (Å²) in [5.41, 5.74) is 4.12. The van der Waals surface area contributed by atoms with E-state index in [1.54, 1.807) is 32.5 Å². The number of rotatable bonds is 8. The molecule has 1 aliphatic heterocycles. The molecule has 2 aromatic carbocycles. The number of anilines is 4. The molecule has 200 valence electrons. The van der Waals surface area contributed by atoms with E-state index in [4.69, 9.17) is 9.72 Å². The minimum atomic E-state index is -3.45. The largest absolute Gasteiger partial charge is 0.496 e. The molecular weight excluding hydrogens is 502 g/mol. The van der Waals surface area contributed by atoms with E-state index in [9.17, 15) is 8.42 Å². The molecule has 38 heavy (non-hydrogen) atoms. The third-order valence-corrected chi connectivity index (χ3v) is 8.04. The third-order valence-electron chi connectivity index (χ3n) is 6.85. The molecule has 10 nitrogen and oxygen atoms in total. The fourth-order valence-electron chi connectivity index (χ4n) is 4.76. The van der Waals surface area contributed by atoms with Crippen LogP contribution in [0.5, 0.6) is 5.75 Å². The van der Waals surface area contributed by atoms with Crippen LogP contribution < -0.4 is 24.6 Å². The van der Waals surface area contributed by atoms with E-state index in [2.05, 4.69) is 39.6 Å². The Balaban J connectivity index is 1.40. The number of fused-ring (bicyclic) bond motifs is 1. The Morgan fingerprint density at radius 1 is 1.18 bits per heavy atom. The molecule has 0 aliphatic carbocycles. The van der Waals surface area contributed by atoms with Crippen molar-refractivity contribution in [1.29, 1.82) is 0 Å². The first-order chi connectivity index (χ1) is 18.2. The van der Waals surface area contributed by atoms with E-state index in [1.807, 2.05) is 35.0 Å². The van der Waals surface area contributed by atoms with Crippen LogP contribution >= 0.6 is 0 Å². The second kappa shape index (κ2) is 10.5. The van der Waals surface area contributed by atoms with Crippen molar-refractivity contribution >= 4 is 44.1 Å². The van der Waals surface area contributed by atoms with Gasteiger partial charge in [-0.25, -0.2) is 13.4 Å². The van der Waals surface area contributed by atoms with Gasteiger partial charge in [0.15, 0.2) is 0 Å². The van der Waals surface area contributed by atoms with E-state index < -0.39 is 10.0 Å². The second-order valence-corrected chi connectivity index (χ2v) is 11.6. The molecule has 1 fully saturated rings. The summed E-state index contributed by atoms with van der Waals surface area (Å²) in [4.78, 5) is 11.6. The van der Waals surface area contributed by atoms with Gasteiger partial charge in [-0.1, -0.05) is 6.07 Å². The first-order valence-electron chi connectivity index (χ1n) is 12.5. The van der Waals surface area contributed by atoms with Crippen LogP contribution in [-0.2, 0) is 16.6 Å². The van der Waals surface area contributed by atoms with Crippen LogP contribution in [0.4, 0.5) is 23.0 Å². The summed E-state index contributed by atoms with van der Waals surface area (Å²) >= 11 is 0. The van der Waals surface area contributed by atoms with Crippen molar-refractivity contribution in [3.05, 3.63) is 66.5 Å². The molecule has 1 saturated heterocycles. The van der Waals surface area contributed by atoms with Gasteiger partial charge in [0, 0.05) is 67.4 Å². The van der Waals surface area contributed by atoms with Gasteiger partial charge in [-0.15, -0.1) is 0 Å². The highest BCUT2D eigenvalue weighted by atomic mass is 32.2. The summed E-state index contributed by atoms with van der Waals surface area (Å²) in [5, 5.41) is 7.66. The molecule has 1 aliphatic rings. The minimum Gasteiger partial charge on any atom is -0.496 e. The van der Waals surface area contributed by atoms with Crippen LogP contribution in [0.1, 0.15) is 12.5 Å². The van der Waals surface area contributed by atoms with E-state index in [1.165, 1.54) is 16.2 Å². The van der Waals surface area contributed by atoms with Crippen molar-refractivity contribution in [2.24, 2.45) is 0 Å². The number of hydrogen-bond acceptors (Lipinski definition) is 8. The molecule has 0 radical (unpaired) electrons. The molecular formula is C27H33N7O3S. The van der Waals surface area contributed by atoms with Gasteiger partial charge in [-0.2, -0.15) is 4.98 Å². The van der Waals surface area contributed by atoms with Gasteiger partial charge in [0.1, 0.15) is 11.4 Å². The average molecular weight is 536 g/mol. The number of aromatic nitrogens is 3. The van der Waals surface area contributed by atoms with Crippen molar-refractivity contribution in [2.75, 3.05) is 54.6 Å². The number of nitrogens with one attached hydrogen (secondary N) is 2. The van der Waals surface area contributed by atoms with Crippen LogP contribution in [0.2, 0.25) is 0 Å². The van der Waals surface area contributed by atoms with Crippen molar-refractivity contribution in [3.63, 3.8) is 0 Å². The predicted octanol–water partition coefficient (Wildman–Crippen LogP) is 3.43. The number of sulfonamides is 1. The van der Waals surface area contributed by atoms with Gasteiger partial charge in [0.2, 0.25) is 16.0 Å². The zero-order valence-corrected chi connectivity index (χ0v) is 22.9. The highest BCUT2D eigenvalue weighted by molar-refractivity contribution is 7.92. The van der Waals surface area contributed by atoms with Crippen molar-refractivity contribution in [1.82, 2.24) is 19.9 Å². The van der Waals surface area contributed by atoms with Crippen LogP contribution in [0.25, 0.3) is 11.0 Å². The van der Waals surface area contributed by atoms with Crippen LogP contribution in [0.15, 0.2) is 60.9 Å². The Labute approximate surface area is 223 Å². The van der Waals surface area contributed by atoms with Crippen LogP contribution in [0.3, 0.4) is 0 Å². The number of nitrogens with zero attached hydrogens (tertiary/aromatic N) is 5. The van der Waals surface area contributed by atoms with Gasteiger partial charge >= 0.3 is 0 Å². The van der Waals surface area contributed by atoms with Gasteiger partial charge in [0.25, 0.3) is 0 Å². The van der Waals surface area contributed by atoms with Crippen LogP contribution in [-0.4, -0.2) is 69.0 Å². The Hall–Kier alpha value is -3.83. The van der Waals surface area contributed by atoms with Gasteiger partial charge in [0.05, 0.1) is 25.6 Å². The number of methoxy groups -OCH3 is 1. The average Bonchev–Trinajstić information content (AvgIpc) is 3.30. The summed E-state index contributed by atoms with van der Waals surface area (Å²) in [7, 11) is -0.333. The van der Waals surface area contributed by atoms with Crippen LogP contribution in [0, 0.1) is 0 Å².